The average molecular weight is 634 g/mol. The number of ether oxygens (including phenoxy) is 2. The van der Waals surface area contributed by atoms with Gasteiger partial charge in [-0.3, -0.25) is 24.6 Å². The van der Waals surface area contributed by atoms with Gasteiger partial charge in [0, 0.05) is 17.7 Å². The maximum atomic E-state index is 14.0. The quantitative estimate of drug-likeness (QED) is 0.114. The van der Waals surface area contributed by atoms with E-state index in [1.807, 2.05) is 6.92 Å². The maximum absolute atomic E-state index is 14.0. The van der Waals surface area contributed by atoms with Crippen LogP contribution in [0.2, 0.25) is 0 Å². The van der Waals surface area contributed by atoms with Gasteiger partial charge in [-0.1, -0.05) is 18.2 Å². The topological polar surface area (TPSA) is 99.0 Å². The molecule has 4 rings (SSSR count). The van der Waals surface area contributed by atoms with Crippen LogP contribution in [0.1, 0.15) is 23.6 Å². The first-order chi connectivity index (χ1) is 17.8. The van der Waals surface area contributed by atoms with Crippen molar-refractivity contribution >= 4 is 57.3 Å². The molecular formula is C26H20FIN2O6S. The summed E-state index contributed by atoms with van der Waals surface area (Å²) in [6.07, 6.45) is 1.59. The minimum atomic E-state index is -0.496. The molecule has 1 fully saturated rings. The van der Waals surface area contributed by atoms with E-state index >= 15 is 0 Å². The lowest BCUT2D eigenvalue weighted by Crippen LogP contribution is -2.27. The third-order valence-corrected chi connectivity index (χ3v) is 7.03. The largest absolute Gasteiger partial charge is 0.490 e. The van der Waals surface area contributed by atoms with Crippen molar-refractivity contribution in [2.45, 2.75) is 20.1 Å². The number of nitro groups is 1. The molecule has 8 nitrogen and oxygen atoms in total. The molecule has 0 spiro atoms. The van der Waals surface area contributed by atoms with E-state index in [-0.39, 0.29) is 29.3 Å². The van der Waals surface area contributed by atoms with Crippen LogP contribution in [0.5, 0.6) is 11.5 Å². The van der Waals surface area contributed by atoms with Gasteiger partial charge in [0.15, 0.2) is 11.5 Å². The number of hydrogen-bond donors (Lipinski definition) is 0. The molecule has 3 aromatic rings. The van der Waals surface area contributed by atoms with E-state index in [2.05, 4.69) is 22.6 Å². The summed E-state index contributed by atoms with van der Waals surface area (Å²) >= 11 is 2.89. The summed E-state index contributed by atoms with van der Waals surface area (Å²) in [5.41, 5.74) is 1.63. The van der Waals surface area contributed by atoms with Crippen molar-refractivity contribution in [2.75, 3.05) is 6.61 Å². The molecule has 0 radical (unpaired) electrons. The van der Waals surface area contributed by atoms with Crippen LogP contribution in [0, 0.1) is 19.5 Å². The number of nitro benzene ring substituents is 1. The van der Waals surface area contributed by atoms with Crippen LogP contribution in [-0.2, 0) is 17.9 Å². The third kappa shape index (κ3) is 6.28. The first kappa shape index (κ1) is 26.6. The summed E-state index contributed by atoms with van der Waals surface area (Å²) in [4.78, 5) is 37.0. The number of rotatable bonds is 9. The molecule has 0 aromatic heterocycles. The number of amides is 2. The number of hydrogen-bond acceptors (Lipinski definition) is 7. The minimum Gasteiger partial charge on any atom is -0.490 e. The van der Waals surface area contributed by atoms with Gasteiger partial charge >= 0.3 is 0 Å². The van der Waals surface area contributed by atoms with E-state index < -0.39 is 21.9 Å². The summed E-state index contributed by atoms with van der Waals surface area (Å²) in [5, 5.41) is 10.4. The van der Waals surface area contributed by atoms with Crippen LogP contribution in [0.3, 0.4) is 0 Å². The van der Waals surface area contributed by atoms with Crippen molar-refractivity contribution in [3.63, 3.8) is 0 Å². The number of carbonyl (C=O) groups excluding carboxylic acids is 2. The minimum absolute atomic E-state index is 0.00370. The van der Waals surface area contributed by atoms with Gasteiger partial charge in [-0.05, 0) is 88.8 Å². The summed E-state index contributed by atoms with van der Waals surface area (Å²) in [7, 11) is 0. The predicted octanol–water partition coefficient (Wildman–Crippen LogP) is 6.55. The molecule has 0 bridgehead atoms. The Morgan fingerprint density at radius 1 is 1.11 bits per heavy atom. The number of non-ortho nitro benzene ring substituents is 1. The highest BCUT2D eigenvalue weighted by atomic mass is 127. The zero-order chi connectivity index (χ0) is 26.5. The Balaban J connectivity index is 1.54. The second kappa shape index (κ2) is 11.7. The summed E-state index contributed by atoms with van der Waals surface area (Å²) in [5.74, 6) is -0.0331. The maximum Gasteiger partial charge on any atom is 0.293 e. The third-order valence-electron chi connectivity index (χ3n) is 5.32. The Kier molecular flexibility index (Phi) is 8.44. The molecule has 0 atom stereocenters. The van der Waals surface area contributed by atoms with Crippen molar-refractivity contribution in [1.29, 1.82) is 0 Å². The lowest BCUT2D eigenvalue weighted by molar-refractivity contribution is -0.384. The van der Waals surface area contributed by atoms with E-state index in [1.165, 1.54) is 24.3 Å². The van der Waals surface area contributed by atoms with Gasteiger partial charge in [-0.15, -0.1) is 0 Å². The zero-order valence-corrected chi connectivity index (χ0v) is 22.5. The summed E-state index contributed by atoms with van der Waals surface area (Å²) in [6.45, 7) is 2.22. The number of imide groups is 1. The monoisotopic (exact) mass is 634 g/mol. The Labute approximate surface area is 229 Å². The van der Waals surface area contributed by atoms with Crippen molar-refractivity contribution in [2.24, 2.45) is 0 Å². The van der Waals surface area contributed by atoms with E-state index in [9.17, 15) is 24.1 Å². The first-order valence-electron chi connectivity index (χ1n) is 11.1. The fraction of sp³-hybridized carbons (Fsp3) is 0.154. The lowest BCUT2D eigenvalue weighted by atomic mass is 10.1. The molecule has 2 amide bonds. The van der Waals surface area contributed by atoms with Crippen LogP contribution in [-0.4, -0.2) is 27.6 Å². The number of nitrogens with zero attached hydrogens (tertiary/aromatic N) is 2. The van der Waals surface area contributed by atoms with Crippen LogP contribution in [0.15, 0.2) is 65.6 Å². The van der Waals surface area contributed by atoms with Crippen LogP contribution >= 0.6 is 34.4 Å². The zero-order valence-electron chi connectivity index (χ0n) is 19.5. The van der Waals surface area contributed by atoms with E-state index in [4.69, 9.17) is 9.47 Å². The predicted molar refractivity (Wildman–Crippen MR) is 146 cm³/mol. The molecule has 1 saturated heterocycles. The first-order valence-corrected chi connectivity index (χ1v) is 13.0. The SMILES string of the molecule is CCOc1cc(/C=C2\SC(=O)N(Cc3ccccc3F)C2=O)cc(I)c1OCc1ccc([N+](=O)[O-])cc1. The molecular weight excluding hydrogens is 614 g/mol. The average Bonchev–Trinajstić information content (AvgIpc) is 3.12. The molecule has 0 unspecified atom stereocenters. The molecule has 1 heterocycles. The van der Waals surface area contributed by atoms with Crippen molar-refractivity contribution in [1.82, 2.24) is 4.90 Å². The molecule has 1 aliphatic heterocycles. The second-order valence-electron chi connectivity index (χ2n) is 7.83. The molecule has 11 heteroatoms. The van der Waals surface area contributed by atoms with E-state index in [0.717, 1.165) is 22.2 Å². The Hall–Kier alpha value is -3.45. The normalized spacial score (nSPS) is 14.4. The summed E-state index contributed by atoms with van der Waals surface area (Å²) < 4.78 is 26.5. The Morgan fingerprint density at radius 2 is 1.84 bits per heavy atom. The number of benzene rings is 3. The molecule has 0 aliphatic carbocycles. The smallest absolute Gasteiger partial charge is 0.293 e. The highest BCUT2D eigenvalue weighted by Gasteiger charge is 2.35. The molecule has 0 saturated carbocycles. The Bertz CT molecular complexity index is 1400. The van der Waals surface area contributed by atoms with Gasteiger partial charge in [0.1, 0.15) is 12.4 Å². The van der Waals surface area contributed by atoms with Crippen LogP contribution in [0.4, 0.5) is 14.9 Å². The standard InChI is InChI=1S/C26H20FIN2O6S/c1-2-35-22-12-17(11-21(28)24(22)36-15-16-7-9-19(10-8-16)30(33)34)13-23-25(31)29(26(32)37-23)14-18-5-3-4-6-20(18)27/h3-13H,2,14-15H2,1H3/b23-13-. The highest BCUT2D eigenvalue weighted by Crippen LogP contribution is 2.38. The van der Waals surface area contributed by atoms with Gasteiger partial charge in [0.25, 0.3) is 16.8 Å². The molecule has 37 heavy (non-hydrogen) atoms. The summed E-state index contributed by atoms with van der Waals surface area (Å²) in [6, 6.07) is 15.6. The Morgan fingerprint density at radius 3 is 2.51 bits per heavy atom. The van der Waals surface area contributed by atoms with Gasteiger partial charge in [-0.25, -0.2) is 4.39 Å². The van der Waals surface area contributed by atoms with Gasteiger partial charge in [-0.2, -0.15) is 0 Å². The van der Waals surface area contributed by atoms with Crippen molar-refractivity contribution in [3.8, 4) is 11.5 Å². The van der Waals surface area contributed by atoms with Crippen molar-refractivity contribution in [3.05, 3.63) is 102 Å². The number of carbonyl (C=O) groups is 2. The van der Waals surface area contributed by atoms with Crippen LogP contribution in [0.25, 0.3) is 6.08 Å². The second-order valence-corrected chi connectivity index (χ2v) is 9.99. The number of halogens is 2. The fourth-order valence-electron chi connectivity index (χ4n) is 3.53. The van der Waals surface area contributed by atoms with E-state index in [0.29, 0.717) is 27.2 Å². The lowest BCUT2D eigenvalue weighted by Gasteiger charge is -2.15. The van der Waals surface area contributed by atoms with Gasteiger partial charge < -0.3 is 9.47 Å². The highest BCUT2D eigenvalue weighted by molar-refractivity contribution is 14.1. The molecule has 0 N–H and O–H groups in total. The van der Waals surface area contributed by atoms with Crippen molar-refractivity contribution < 1.29 is 28.4 Å². The van der Waals surface area contributed by atoms with E-state index in [1.54, 1.807) is 42.5 Å². The molecule has 1 aliphatic rings. The van der Waals surface area contributed by atoms with Gasteiger partial charge in [0.05, 0.1) is 26.6 Å². The fourth-order valence-corrected chi connectivity index (χ4v) is 5.15. The van der Waals surface area contributed by atoms with Crippen LogP contribution < -0.4 is 9.47 Å². The number of thioether (sulfide) groups is 1. The van der Waals surface area contributed by atoms with Gasteiger partial charge in [0.2, 0.25) is 0 Å². The molecule has 3 aromatic carbocycles. The molecule has 190 valence electrons.